The molecule has 0 spiro atoms. The van der Waals surface area contributed by atoms with Crippen LogP contribution in [0.15, 0.2) is 5.16 Å². The smallest absolute Gasteiger partial charge is 0.190 e. The first kappa shape index (κ1) is 12.4. The van der Waals surface area contributed by atoms with E-state index < -0.39 is 0 Å². The van der Waals surface area contributed by atoms with Gasteiger partial charge < -0.3 is 5.32 Å². The molecule has 1 aromatic rings. The van der Waals surface area contributed by atoms with Crippen LogP contribution in [0, 0.1) is 10.6 Å². The van der Waals surface area contributed by atoms with Crippen molar-refractivity contribution in [2.45, 2.75) is 44.3 Å². The topological polar surface area (TPSA) is 37.8 Å². The van der Waals surface area contributed by atoms with Crippen molar-refractivity contribution in [2.24, 2.45) is 0 Å². The molecule has 1 aromatic heterocycles. The van der Waals surface area contributed by atoms with Gasteiger partial charge in [-0.25, -0.2) is 9.97 Å². The van der Waals surface area contributed by atoms with Crippen LogP contribution in [-0.4, -0.2) is 21.8 Å². The first-order valence-corrected chi connectivity index (χ1v) is 7.70. The Kier molecular flexibility index (Phi) is 4.29. The van der Waals surface area contributed by atoms with E-state index in [-0.39, 0.29) is 0 Å². The van der Waals surface area contributed by atoms with E-state index in [1.165, 1.54) is 18.4 Å². The van der Waals surface area contributed by atoms with Gasteiger partial charge in [0.1, 0.15) is 9.52 Å². The number of anilines is 1. The fourth-order valence-electron chi connectivity index (χ4n) is 1.29. The standard InChI is InChI=1S/C11H16IN3S/c1-3-6-16-11-14-9(12)7(2)10(15-11)13-8-4-5-8/h8H,3-6H2,1-2H3,(H,13,14,15). The molecule has 0 atom stereocenters. The summed E-state index contributed by atoms with van der Waals surface area (Å²) in [6.45, 7) is 4.26. The molecule has 1 aliphatic rings. The molecule has 0 radical (unpaired) electrons. The predicted molar refractivity (Wildman–Crippen MR) is 77.1 cm³/mol. The van der Waals surface area contributed by atoms with Gasteiger partial charge in [0.25, 0.3) is 0 Å². The molecule has 3 nitrogen and oxygen atoms in total. The summed E-state index contributed by atoms with van der Waals surface area (Å²) < 4.78 is 1.06. The zero-order chi connectivity index (χ0) is 11.5. The summed E-state index contributed by atoms with van der Waals surface area (Å²) in [5.41, 5.74) is 1.17. The van der Waals surface area contributed by atoms with Gasteiger partial charge in [-0.3, -0.25) is 0 Å². The minimum Gasteiger partial charge on any atom is -0.367 e. The lowest BCUT2D eigenvalue weighted by molar-refractivity contribution is 0.914. The van der Waals surface area contributed by atoms with Gasteiger partial charge in [-0.1, -0.05) is 18.7 Å². The Bertz CT molecular complexity index is 380. The van der Waals surface area contributed by atoms with Gasteiger partial charge >= 0.3 is 0 Å². The first-order valence-electron chi connectivity index (χ1n) is 5.64. The fourth-order valence-corrected chi connectivity index (χ4v) is 2.64. The minimum absolute atomic E-state index is 0.647. The molecule has 1 fully saturated rings. The molecule has 2 rings (SSSR count). The van der Waals surface area contributed by atoms with Gasteiger partial charge in [-0.2, -0.15) is 0 Å². The Morgan fingerprint density at radius 3 is 2.81 bits per heavy atom. The molecule has 1 aliphatic carbocycles. The quantitative estimate of drug-likeness (QED) is 0.382. The second-order valence-electron chi connectivity index (χ2n) is 4.04. The summed E-state index contributed by atoms with van der Waals surface area (Å²) in [6, 6.07) is 0.647. The lowest BCUT2D eigenvalue weighted by Gasteiger charge is -2.10. The zero-order valence-electron chi connectivity index (χ0n) is 9.59. The number of thioether (sulfide) groups is 1. The molecule has 0 aliphatic heterocycles. The van der Waals surface area contributed by atoms with Crippen molar-refractivity contribution in [2.75, 3.05) is 11.1 Å². The molecule has 16 heavy (non-hydrogen) atoms. The van der Waals surface area contributed by atoms with Crippen molar-refractivity contribution in [1.82, 2.24) is 9.97 Å². The number of nitrogens with one attached hydrogen (secondary N) is 1. The molecule has 0 unspecified atom stereocenters. The Balaban J connectivity index is 2.16. The van der Waals surface area contributed by atoms with Crippen LogP contribution in [-0.2, 0) is 0 Å². The van der Waals surface area contributed by atoms with Crippen molar-refractivity contribution >= 4 is 40.2 Å². The minimum atomic E-state index is 0.647. The molecular formula is C11H16IN3S. The molecule has 88 valence electrons. The van der Waals surface area contributed by atoms with E-state index in [1.807, 2.05) is 0 Å². The normalized spacial score (nSPS) is 15.2. The van der Waals surface area contributed by atoms with E-state index in [2.05, 4.69) is 51.7 Å². The van der Waals surface area contributed by atoms with Crippen LogP contribution in [0.2, 0.25) is 0 Å². The lowest BCUT2D eigenvalue weighted by atomic mass is 10.3. The van der Waals surface area contributed by atoms with E-state index in [0.29, 0.717) is 6.04 Å². The van der Waals surface area contributed by atoms with Crippen LogP contribution >= 0.6 is 34.4 Å². The fraction of sp³-hybridized carbons (Fsp3) is 0.636. The van der Waals surface area contributed by atoms with Crippen LogP contribution in [0.3, 0.4) is 0 Å². The van der Waals surface area contributed by atoms with Gasteiger partial charge in [-0.15, -0.1) is 0 Å². The van der Waals surface area contributed by atoms with Crippen molar-refractivity contribution < 1.29 is 0 Å². The Hall–Kier alpha value is -0.0400. The van der Waals surface area contributed by atoms with E-state index in [1.54, 1.807) is 11.8 Å². The monoisotopic (exact) mass is 349 g/mol. The van der Waals surface area contributed by atoms with Gasteiger partial charge in [-0.05, 0) is 48.8 Å². The maximum atomic E-state index is 4.59. The molecular weight excluding hydrogens is 333 g/mol. The maximum Gasteiger partial charge on any atom is 0.190 e. The Morgan fingerprint density at radius 2 is 2.19 bits per heavy atom. The summed E-state index contributed by atoms with van der Waals surface area (Å²) in [6.07, 6.45) is 3.71. The summed E-state index contributed by atoms with van der Waals surface area (Å²) in [5, 5.41) is 4.38. The van der Waals surface area contributed by atoms with E-state index in [9.17, 15) is 0 Å². The highest BCUT2D eigenvalue weighted by molar-refractivity contribution is 14.1. The third-order valence-electron chi connectivity index (χ3n) is 2.42. The van der Waals surface area contributed by atoms with Crippen LogP contribution in [0.4, 0.5) is 5.82 Å². The lowest BCUT2D eigenvalue weighted by Crippen LogP contribution is -2.08. The SMILES string of the molecule is CCCSc1nc(I)c(C)c(NC2CC2)n1. The second-order valence-corrected chi connectivity index (χ2v) is 6.12. The highest BCUT2D eigenvalue weighted by atomic mass is 127. The number of hydrogen-bond acceptors (Lipinski definition) is 4. The van der Waals surface area contributed by atoms with Crippen LogP contribution in [0.1, 0.15) is 31.7 Å². The van der Waals surface area contributed by atoms with E-state index in [0.717, 1.165) is 26.8 Å². The van der Waals surface area contributed by atoms with Crippen molar-refractivity contribution in [3.63, 3.8) is 0 Å². The second kappa shape index (κ2) is 5.53. The molecule has 1 heterocycles. The average molecular weight is 349 g/mol. The molecule has 1 N–H and O–H groups in total. The highest BCUT2D eigenvalue weighted by Gasteiger charge is 2.23. The Labute approximate surface area is 114 Å². The third-order valence-corrected chi connectivity index (χ3v) is 4.52. The number of halogens is 1. The largest absolute Gasteiger partial charge is 0.367 e. The molecule has 1 saturated carbocycles. The molecule has 5 heteroatoms. The predicted octanol–water partition coefficient (Wildman–Crippen LogP) is 3.47. The average Bonchev–Trinajstić information content (AvgIpc) is 3.06. The molecule has 0 amide bonds. The van der Waals surface area contributed by atoms with Crippen LogP contribution in [0.25, 0.3) is 0 Å². The third kappa shape index (κ3) is 3.23. The van der Waals surface area contributed by atoms with Crippen LogP contribution in [0.5, 0.6) is 0 Å². The van der Waals surface area contributed by atoms with Crippen LogP contribution < -0.4 is 5.32 Å². The maximum absolute atomic E-state index is 4.59. The van der Waals surface area contributed by atoms with E-state index >= 15 is 0 Å². The molecule has 0 saturated heterocycles. The Morgan fingerprint density at radius 1 is 1.44 bits per heavy atom. The summed E-state index contributed by atoms with van der Waals surface area (Å²) in [4.78, 5) is 9.08. The van der Waals surface area contributed by atoms with Crippen molar-refractivity contribution in [1.29, 1.82) is 0 Å². The number of hydrogen-bond donors (Lipinski definition) is 1. The van der Waals surface area contributed by atoms with E-state index in [4.69, 9.17) is 0 Å². The zero-order valence-corrected chi connectivity index (χ0v) is 12.6. The summed E-state index contributed by atoms with van der Waals surface area (Å²) in [7, 11) is 0. The first-order chi connectivity index (χ1) is 7.70. The number of nitrogens with zero attached hydrogens (tertiary/aromatic N) is 2. The number of rotatable bonds is 5. The summed E-state index contributed by atoms with van der Waals surface area (Å²) in [5.74, 6) is 2.11. The van der Waals surface area contributed by atoms with Gasteiger partial charge in [0.05, 0.1) is 0 Å². The van der Waals surface area contributed by atoms with Gasteiger partial charge in [0.2, 0.25) is 0 Å². The molecule has 0 aromatic carbocycles. The van der Waals surface area contributed by atoms with Crippen molar-refractivity contribution in [3.05, 3.63) is 9.26 Å². The summed E-state index contributed by atoms with van der Waals surface area (Å²) >= 11 is 4.03. The van der Waals surface area contributed by atoms with Gasteiger partial charge in [0, 0.05) is 17.4 Å². The van der Waals surface area contributed by atoms with Gasteiger partial charge in [0.15, 0.2) is 5.16 Å². The molecule has 0 bridgehead atoms. The van der Waals surface area contributed by atoms with Crippen molar-refractivity contribution in [3.8, 4) is 0 Å². The highest BCUT2D eigenvalue weighted by Crippen LogP contribution is 2.28. The number of aromatic nitrogens is 2.